The van der Waals surface area contributed by atoms with E-state index in [-0.39, 0.29) is 23.3 Å². The molecular formula is C14H23NO3. The van der Waals surface area contributed by atoms with Crippen LogP contribution in [-0.2, 0) is 9.53 Å². The predicted octanol–water partition coefficient (Wildman–Crippen LogP) is 2.98. The molecule has 1 fully saturated rings. The maximum Gasteiger partial charge on any atom is 0.416 e. The summed E-state index contributed by atoms with van der Waals surface area (Å²) in [6.45, 7) is 12.0. The zero-order chi connectivity index (χ0) is 13.9. The van der Waals surface area contributed by atoms with Crippen LogP contribution < -0.4 is 0 Å². The maximum absolute atomic E-state index is 12.2. The molecule has 0 aromatic heterocycles. The molecule has 0 spiro atoms. The predicted molar refractivity (Wildman–Crippen MR) is 70.0 cm³/mol. The molecule has 0 radical (unpaired) electrons. The second kappa shape index (κ2) is 5.55. The van der Waals surface area contributed by atoms with E-state index in [1.165, 1.54) is 4.90 Å². The first-order valence-corrected chi connectivity index (χ1v) is 6.37. The molecule has 0 aromatic rings. The Morgan fingerprint density at radius 1 is 1.61 bits per heavy atom. The number of hydrogen-bond acceptors (Lipinski definition) is 3. The Balaban J connectivity index is 2.75. The molecule has 4 heteroatoms. The van der Waals surface area contributed by atoms with Crippen molar-refractivity contribution in [3.8, 4) is 0 Å². The zero-order valence-corrected chi connectivity index (χ0v) is 11.7. The molecule has 1 aliphatic rings. The number of ether oxygens (including phenoxy) is 1. The lowest BCUT2D eigenvalue weighted by molar-refractivity contribution is -0.131. The Bertz CT molecular complexity index is 343. The van der Waals surface area contributed by atoms with Gasteiger partial charge < -0.3 is 4.74 Å². The van der Waals surface area contributed by atoms with Crippen molar-refractivity contribution >= 4 is 12.0 Å². The van der Waals surface area contributed by atoms with Crippen molar-refractivity contribution in [3.05, 3.63) is 12.7 Å². The lowest BCUT2D eigenvalue weighted by Gasteiger charge is -2.31. The quantitative estimate of drug-likeness (QED) is 0.724. The maximum atomic E-state index is 12.2. The standard InChI is InChI=1S/C14H23NO3/c1-6-7-10(2)8-12(16)15-11(14(3,4)5)9-18-13(15)17/h6,10-11H,1,7-9H2,2-5H3/t10-,11+/m0/s1. The fourth-order valence-electron chi connectivity index (χ4n) is 2.10. The largest absolute Gasteiger partial charge is 0.447 e. The van der Waals surface area contributed by atoms with E-state index >= 15 is 0 Å². The van der Waals surface area contributed by atoms with Crippen LogP contribution in [0.5, 0.6) is 0 Å². The van der Waals surface area contributed by atoms with E-state index in [1.807, 2.05) is 27.7 Å². The fourth-order valence-corrected chi connectivity index (χ4v) is 2.10. The van der Waals surface area contributed by atoms with Gasteiger partial charge in [0.05, 0.1) is 6.04 Å². The first-order chi connectivity index (χ1) is 8.27. The molecular weight excluding hydrogens is 230 g/mol. The third-order valence-electron chi connectivity index (χ3n) is 3.23. The zero-order valence-electron chi connectivity index (χ0n) is 11.7. The van der Waals surface area contributed by atoms with E-state index in [0.29, 0.717) is 13.0 Å². The highest BCUT2D eigenvalue weighted by atomic mass is 16.6. The second-order valence-corrected chi connectivity index (χ2v) is 6.06. The summed E-state index contributed by atoms with van der Waals surface area (Å²) in [5.41, 5.74) is -0.163. The number of carbonyl (C=O) groups is 2. The summed E-state index contributed by atoms with van der Waals surface area (Å²) >= 11 is 0. The van der Waals surface area contributed by atoms with Crippen LogP contribution in [0.1, 0.15) is 40.5 Å². The third-order valence-corrected chi connectivity index (χ3v) is 3.23. The highest BCUT2D eigenvalue weighted by Gasteiger charge is 2.44. The molecule has 0 aliphatic carbocycles. The number of allylic oxidation sites excluding steroid dienone is 1. The van der Waals surface area contributed by atoms with Gasteiger partial charge in [-0.1, -0.05) is 33.8 Å². The van der Waals surface area contributed by atoms with E-state index < -0.39 is 6.09 Å². The summed E-state index contributed by atoms with van der Waals surface area (Å²) in [4.78, 5) is 25.2. The van der Waals surface area contributed by atoms with Gasteiger partial charge in [-0.25, -0.2) is 9.69 Å². The Labute approximate surface area is 109 Å². The molecule has 1 saturated heterocycles. The van der Waals surface area contributed by atoms with Crippen LogP contribution in [-0.4, -0.2) is 29.5 Å². The molecule has 18 heavy (non-hydrogen) atoms. The average molecular weight is 253 g/mol. The number of imide groups is 1. The monoisotopic (exact) mass is 253 g/mol. The average Bonchev–Trinajstić information content (AvgIpc) is 2.59. The van der Waals surface area contributed by atoms with Crippen LogP contribution in [0.2, 0.25) is 0 Å². The first kappa shape index (κ1) is 14.7. The number of amides is 2. The fraction of sp³-hybridized carbons (Fsp3) is 0.714. The minimum atomic E-state index is -0.509. The summed E-state index contributed by atoms with van der Waals surface area (Å²) < 4.78 is 5.01. The summed E-state index contributed by atoms with van der Waals surface area (Å²) in [7, 11) is 0. The van der Waals surface area contributed by atoms with Crippen molar-refractivity contribution in [3.63, 3.8) is 0 Å². The van der Waals surface area contributed by atoms with Crippen LogP contribution in [0.25, 0.3) is 0 Å². The van der Waals surface area contributed by atoms with Gasteiger partial charge in [-0.2, -0.15) is 0 Å². The number of nitrogens with zero attached hydrogens (tertiary/aromatic N) is 1. The molecule has 1 rings (SSSR count). The van der Waals surface area contributed by atoms with Crippen LogP contribution in [0.3, 0.4) is 0 Å². The van der Waals surface area contributed by atoms with Gasteiger partial charge in [0.1, 0.15) is 6.61 Å². The molecule has 1 heterocycles. The number of rotatable bonds is 4. The van der Waals surface area contributed by atoms with Crippen molar-refractivity contribution in [1.82, 2.24) is 4.90 Å². The van der Waals surface area contributed by atoms with Crippen LogP contribution in [0.15, 0.2) is 12.7 Å². The molecule has 0 saturated carbocycles. The van der Waals surface area contributed by atoms with Crippen molar-refractivity contribution in [2.75, 3.05) is 6.61 Å². The molecule has 0 bridgehead atoms. The van der Waals surface area contributed by atoms with E-state index in [2.05, 4.69) is 6.58 Å². The minimum Gasteiger partial charge on any atom is -0.447 e. The van der Waals surface area contributed by atoms with Gasteiger partial charge in [0.15, 0.2) is 0 Å². The third kappa shape index (κ3) is 3.34. The Morgan fingerprint density at radius 2 is 2.22 bits per heavy atom. The molecule has 2 amide bonds. The van der Waals surface area contributed by atoms with Crippen LogP contribution in [0.4, 0.5) is 4.79 Å². The smallest absolute Gasteiger partial charge is 0.416 e. The van der Waals surface area contributed by atoms with Gasteiger partial charge in [-0.15, -0.1) is 6.58 Å². The summed E-state index contributed by atoms with van der Waals surface area (Å²) in [6, 6.07) is -0.173. The Hall–Kier alpha value is -1.32. The van der Waals surface area contributed by atoms with Gasteiger partial charge >= 0.3 is 6.09 Å². The molecule has 0 aromatic carbocycles. The van der Waals surface area contributed by atoms with E-state index in [0.717, 1.165) is 6.42 Å². The number of hydrogen-bond donors (Lipinski definition) is 0. The van der Waals surface area contributed by atoms with Crippen molar-refractivity contribution in [2.45, 2.75) is 46.6 Å². The van der Waals surface area contributed by atoms with Crippen LogP contribution >= 0.6 is 0 Å². The van der Waals surface area contributed by atoms with E-state index in [4.69, 9.17) is 4.74 Å². The van der Waals surface area contributed by atoms with Crippen LogP contribution in [0, 0.1) is 11.3 Å². The SMILES string of the molecule is C=CC[C@H](C)CC(=O)N1C(=O)OC[C@@H]1C(C)(C)C. The van der Waals surface area contributed by atoms with Crippen molar-refractivity contribution in [2.24, 2.45) is 11.3 Å². The van der Waals surface area contributed by atoms with Gasteiger partial charge in [0.25, 0.3) is 0 Å². The second-order valence-electron chi connectivity index (χ2n) is 6.06. The Kier molecular flexibility index (Phi) is 4.54. The van der Waals surface area contributed by atoms with Gasteiger partial charge in [-0.05, 0) is 17.8 Å². The lowest BCUT2D eigenvalue weighted by atomic mass is 9.86. The number of carbonyl (C=O) groups excluding carboxylic acids is 2. The van der Waals surface area contributed by atoms with Gasteiger partial charge in [0, 0.05) is 6.42 Å². The molecule has 0 N–H and O–H groups in total. The van der Waals surface area contributed by atoms with E-state index in [1.54, 1.807) is 6.08 Å². The summed E-state index contributed by atoms with van der Waals surface area (Å²) in [5.74, 6) is 0.0517. The molecule has 1 aliphatic heterocycles. The lowest BCUT2D eigenvalue weighted by Crippen LogP contribution is -2.46. The number of cyclic esters (lactones) is 1. The normalized spacial score (nSPS) is 21.7. The molecule has 0 unspecified atom stereocenters. The highest BCUT2D eigenvalue weighted by Crippen LogP contribution is 2.30. The Morgan fingerprint density at radius 3 is 2.72 bits per heavy atom. The molecule has 102 valence electrons. The minimum absolute atomic E-state index is 0.147. The van der Waals surface area contributed by atoms with Gasteiger partial charge in [0.2, 0.25) is 5.91 Å². The van der Waals surface area contributed by atoms with E-state index in [9.17, 15) is 9.59 Å². The summed E-state index contributed by atoms with van der Waals surface area (Å²) in [5, 5.41) is 0. The summed E-state index contributed by atoms with van der Waals surface area (Å²) in [6.07, 6.45) is 2.41. The topological polar surface area (TPSA) is 46.6 Å². The van der Waals surface area contributed by atoms with Crippen molar-refractivity contribution < 1.29 is 14.3 Å². The highest BCUT2D eigenvalue weighted by molar-refractivity contribution is 5.93. The van der Waals surface area contributed by atoms with Crippen molar-refractivity contribution in [1.29, 1.82) is 0 Å². The first-order valence-electron chi connectivity index (χ1n) is 6.37. The van der Waals surface area contributed by atoms with Gasteiger partial charge in [-0.3, -0.25) is 4.79 Å². The molecule has 4 nitrogen and oxygen atoms in total. The molecule has 2 atom stereocenters.